The fourth-order valence-electron chi connectivity index (χ4n) is 3.64. The van der Waals surface area contributed by atoms with Crippen LogP contribution in [-0.2, 0) is 12.1 Å². The van der Waals surface area contributed by atoms with Gasteiger partial charge in [0.05, 0.1) is 26.1 Å². The highest BCUT2D eigenvalue weighted by Crippen LogP contribution is 2.33. The number of anilines is 1. The van der Waals surface area contributed by atoms with Gasteiger partial charge in [-0.2, -0.15) is 0 Å². The molecule has 0 amide bonds. The lowest BCUT2D eigenvalue weighted by molar-refractivity contribution is 0.0698. The number of halogens is 1. The summed E-state index contributed by atoms with van der Waals surface area (Å²) in [6.07, 6.45) is 6.45. The number of aromatic nitrogens is 4. The van der Waals surface area contributed by atoms with Gasteiger partial charge in [0.2, 0.25) is 0 Å². The average molecular weight is 434 g/mol. The van der Waals surface area contributed by atoms with E-state index in [-0.39, 0.29) is 18.5 Å². The number of ether oxygens (including phenoxy) is 2. The molecule has 162 valence electrons. The summed E-state index contributed by atoms with van der Waals surface area (Å²) in [6, 6.07) is 5.91. The molecule has 1 aliphatic carbocycles. The van der Waals surface area contributed by atoms with Crippen LogP contribution < -0.4 is 15.2 Å². The van der Waals surface area contributed by atoms with Crippen molar-refractivity contribution in [1.82, 2.24) is 19.5 Å². The number of benzene rings is 1. The standard InChI is InChI=1S/C21H27N5O3.ClH/c1-21(2,27)20-24-17-18(22)23-12-26(19(17)25-20)11-13-8-9-15(28-3)16(10-13)29-14-6-4-5-7-14;/h8-10,12,14,27H,4-7,11,22H2,1-3H3;1H. The molecule has 1 aromatic rings. The Labute approximate surface area is 182 Å². The van der Waals surface area contributed by atoms with E-state index >= 15 is 0 Å². The summed E-state index contributed by atoms with van der Waals surface area (Å²) in [4.78, 5) is 13.1. The Morgan fingerprint density at radius 1 is 1.20 bits per heavy atom. The summed E-state index contributed by atoms with van der Waals surface area (Å²) >= 11 is 0. The lowest BCUT2D eigenvalue weighted by Crippen LogP contribution is -2.17. The van der Waals surface area contributed by atoms with E-state index in [4.69, 9.17) is 15.2 Å². The number of rotatable bonds is 6. The summed E-state index contributed by atoms with van der Waals surface area (Å²) in [5, 5.41) is 10.3. The molecule has 1 aromatic carbocycles. The van der Waals surface area contributed by atoms with Crippen molar-refractivity contribution in [3.63, 3.8) is 0 Å². The normalized spacial score (nSPS) is 14.7. The van der Waals surface area contributed by atoms with Crippen molar-refractivity contribution in [1.29, 1.82) is 0 Å². The number of hydrogen-bond donors (Lipinski definition) is 2. The number of imidazole rings is 1. The smallest absolute Gasteiger partial charge is 0.166 e. The second-order valence-electron chi connectivity index (χ2n) is 8.05. The number of methoxy groups -OCH3 is 1. The molecular weight excluding hydrogens is 406 g/mol. The van der Waals surface area contributed by atoms with Crippen LogP contribution in [0.1, 0.15) is 50.9 Å². The predicted octanol–water partition coefficient (Wildman–Crippen LogP) is 3.39. The summed E-state index contributed by atoms with van der Waals surface area (Å²) in [5.74, 6) is 2.68. The zero-order valence-corrected chi connectivity index (χ0v) is 18.3. The first-order valence-electron chi connectivity index (χ1n) is 9.90. The van der Waals surface area contributed by atoms with Crippen molar-refractivity contribution in [2.45, 2.75) is 57.8 Å². The molecule has 0 spiro atoms. The molecule has 9 heteroatoms. The first-order valence-corrected chi connectivity index (χ1v) is 9.90. The van der Waals surface area contributed by atoms with Gasteiger partial charge in [-0.15, -0.1) is 12.4 Å². The van der Waals surface area contributed by atoms with Crippen LogP contribution in [0.3, 0.4) is 0 Å². The third-order valence-corrected chi connectivity index (χ3v) is 5.22. The van der Waals surface area contributed by atoms with Crippen LogP contribution in [0, 0.1) is 0 Å². The van der Waals surface area contributed by atoms with Crippen LogP contribution in [0.25, 0.3) is 11.5 Å². The van der Waals surface area contributed by atoms with Crippen LogP contribution in [0.4, 0.5) is 5.82 Å². The molecule has 4 rings (SSSR count). The fraction of sp³-hybridized carbons (Fsp3) is 0.476. The predicted molar refractivity (Wildman–Crippen MR) is 116 cm³/mol. The molecular formula is C21H28ClN5O3. The van der Waals surface area contributed by atoms with E-state index in [1.54, 1.807) is 27.3 Å². The number of nitrogen functional groups attached to an aromatic ring is 1. The van der Waals surface area contributed by atoms with Gasteiger partial charge in [-0.05, 0) is 57.2 Å². The van der Waals surface area contributed by atoms with Crippen LogP contribution in [0.15, 0.2) is 24.5 Å². The summed E-state index contributed by atoms with van der Waals surface area (Å²) in [7, 11) is 1.65. The summed E-state index contributed by atoms with van der Waals surface area (Å²) in [6.45, 7) is 3.80. The molecule has 3 aliphatic rings. The van der Waals surface area contributed by atoms with Gasteiger partial charge in [-0.1, -0.05) is 6.07 Å². The lowest BCUT2D eigenvalue weighted by Gasteiger charge is -2.17. The number of nitrogens with two attached hydrogens (primary N) is 1. The van der Waals surface area contributed by atoms with Gasteiger partial charge in [0.15, 0.2) is 34.7 Å². The molecule has 0 unspecified atom stereocenters. The fourth-order valence-corrected chi connectivity index (χ4v) is 3.64. The van der Waals surface area contributed by atoms with Crippen molar-refractivity contribution in [2.24, 2.45) is 0 Å². The molecule has 0 atom stereocenters. The largest absolute Gasteiger partial charge is 0.493 e. The first-order chi connectivity index (χ1) is 13.8. The van der Waals surface area contributed by atoms with Crippen molar-refractivity contribution in [2.75, 3.05) is 12.8 Å². The van der Waals surface area contributed by atoms with Gasteiger partial charge in [-0.3, -0.25) is 0 Å². The van der Waals surface area contributed by atoms with Gasteiger partial charge in [0.1, 0.15) is 5.60 Å². The van der Waals surface area contributed by atoms with Crippen LogP contribution in [0.5, 0.6) is 11.5 Å². The Balaban J connectivity index is 0.00000256. The highest BCUT2D eigenvalue weighted by atomic mass is 35.5. The van der Waals surface area contributed by atoms with E-state index < -0.39 is 5.60 Å². The molecule has 8 nitrogen and oxygen atoms in total. The van der Waals surface area contributed by atoms with Crippen LogP contribution in [0.2, 0.25) is 0 Å². The molecule has 30 heavy (non-hydrogen) atoms. The third-order valence-electron chi connectivity index (χ3n) is 5.22. The Bertz CT molecular complexity index is 979. The second kappa shape index (κ2) is 8.65. The molecule has 1 saturated carbocycles. The first kappa shape index (κ1) is 22.1. The zero-order chi connectivity index (χ0) is 20.6. The highest BCUT2D eigenvalue weighted by Gasteiger charge is 2.27. The molecule has 2 heterocycles. The van der Waals surface area contributed by atoms with Crippen LogP contribution >= 0.6 is 12.4 Å². The van der Waals surface area contributed by atoms with Crippen molar-refractivity contribution < 1.29 is 14.6 Å². The van der Waals surface area contributed by atoms with E-state index in [1.807, 2.05) is 22.8 Å². The summed E-state index contributed by atoms with van der Waals surface area (Å²) in [5.41, 5.74) is 6.33. The average Bonchev–Trinajstić information content (AvgIpc) is 3.34. The lowest BCUT2D eigenvalue weighted by atomic mass is 10.1. The van der Waals surface area contributed by atoms with Gasteiger partial charge in [-0.25, -0.2) is 15.0 Å². The monoisotopic (exact) mass is 433 g/mol. The molecule has 0 saturated heterocycles. The minimum atomic E-state index is -1.16. The Kier molecular flexibility index (Phi) is 6.38. The van der Waals surface area contributed by atoms with Gasteiger partial charge >= 0.3 is 0 Å². The van der Waals surface area contributed by atoms with Crippen molar-refractivity contribution >= 4 is 18.2 Å². The van der Waals surface area contributed by atoms with Crippen molar-refractivity contribution in [3.05, 3.63) is 35.9 Å². The van der Waals surface area contributed by atoms with Crippen LogP contribution in [-0.4, -0.2) is 37.8 Å². The van der Waals surface area contributed by atoms with Gasteiger partial charge in [0, 0.05) is 0 Å². The maximum absolute atomic E-state index is 10.3. The molecule has 0 bridgehead atoms. The number of nitrogens with zero attached hydrogens (tertiary/aromatic N) is 4. The Morgan fingerprint density at radius 2 is 1.93 bits per heavy atom. The third kappa shape index (κ3) is 4.44. The Morgan fingerprint density at radius 3 is 2.60 bits per heavy atom. The quantitative estimate of drug-likeness (QED) is 0.613. The van der Waals surface area contributed by atoms with E-state index in [9.17, 15) is 5.11 Å². The summed E-state index contributed by atoms with van der Waals surface area (Å²) < 4.78 is 13.5. The molecule has 0 radical (unpaired) electrons. The minimum absolute atomic E-state index is 0. The number of hydrogen-bond acceptors (Lipinski definition) is 7. The van der Waals surface area contributed by atoms with E-state index in [2.05, 4.69) is 15.0 Å². The zero-order valence-electron chi connectivity index (χ0n) is 17.5. The second-order valence-corrected chi connectivity index (χ2v) is 8.05. The maximum atomic E-state index is 10.3. The Hall–Kier alpha value is -2.58. The van der Waals surface area contributed by atoms with E-state index in [0.717, 1.165) is 29.9 Å². The molecule has 0 aromatic heterocycles. The van der Waals surface area contributed by atoms with Crippen molar-refractivity contribution in [3.8, 4) is 23.0 Å². The van der Waals surface area contributed by atoms with E-state index in [0.29, 0.717) is 29.7 Å². The topological polar surface area (TPSA) is 108 Å². The highest BCUT2D eigenvalue weighted by molar-refractivity contribution is 5.85. The van der Waals surface area contributed by atoms with Gasteiger partial charge < -0.3 is 24.9 Å². The molecule has 3 N–H and O–H groups in total. The maximum Gasteiger partial charge on any atom is 0.166 e. The molecule has 2 aliphatic heterocycles. The molecule has 1 fully saturated rings. The minimum Gasteiger partial charge on any atom is -0.493 e. The number of aliphatic hydroxyl groups is 1. The number of fused-ring (bicyclic) bond motifs is 1. The van der Waals surface area contributed by atoms with E-state index in [1.165, 1.54) is 12.8 Å². The SMILES string of the molecule is COc1ccc(Cn2cnc(N)c3nc(C(C)(C)O)nc2-3)cc1OC1CCCC1.Cl. The van der Waals surface area contributed by atoms with Gasteiger partial charge in [0.25, 0.3) is 0 Å².